The molecule has 2 N–H and O–H groups in total. The molecule has 27 heavy (non-hydrogen) atoms. The molecule has 2 aromatic heterocycles. The molecular formula is C18H16N6O2S. The maximum atomic E-state index is 12.8. The third-order valence-corrected chi connectivity index (χ3v) is 4.97. The predicted molar refractivity (Wildman–Crippen MR) is 101 cm³/mol. The standard InChI is InChI=1S/C18H16N6O2S/c25-15-14(12-6-2-1-3-7-12)24(11-10-20-15)18(26)21-17-23-22-16(27-17)13-8-4-5-9-19-13/h1-9,14H,10-11H2,(H,20,25)(H,21,23,26)/t14-/m1/s1. The molecule has 0 spiro atoms. The minimum Gasteiger partial charge on any atom is -0.352 e. The molecule has 0 unspecified atom stereocenters. The number of hydrogen-bond donors (Lipinski definition) is 2. The highest BCUT2D eigenvalue weighted by molar-refractivity contribution is 7.18. The Morgan fingerprint density at radius 1 is 1.15 bits per heavy atom. The van der Waals surface area contributed by atoms with Gasteiger partial charge in [-0.3, -0.25) is 15.1 Å². The van der Waals surface area contributed by atoms with Crippen molar-refractivity contribution in [2.24, 2.45) is 0 Å². The average molecular weight is 380 g/mol. The van der Waals surface area contributed by atoms with Crippen molar-refractivity contribution in [1.82, 2.24) is 25.4 Å². The number of amides is 3. The normalized spacial score (nSPS) is 16.7. The molecule has 1 aliphatic heterocycles. The molecule has 3 heterocycles. The van der Waals surface area contributed by atoms with Gasteiger partial charge in [-0.05, 0) is 17.7 Å². The predicted octanol–water partition coefficient (Wildman–Crippen LogP) is 2.31. The number of hydrogen-bond acceptors (Lipinski definition) is 6. The lowest BCUT2D eigenvalue weighted by Crippen LogP contribution is -2.53. The fraction of sp³-hybridized carbons (Fsp3) is 0.167. The molecule has 0 bridgehead atoms. The molecule has 1 fully saturated rings. The molecule has 8 nitrogen and oxygen atoms in total. The minimum absolute atomic E-state index is 0.200. The number of piperazine rings is 1. The average Bonchev–Trinajstić information content (AvgIpc) is 3.17. The van der Waals surface area contributed by atoms with Crippen LogP contribution in [0.3, 0.4) is 0 Å². The number of benzene rings is 1. The smallest absolute Gasteiger partial charge is 0.324 e. The van der Waals surface area contributed by atoms with Crippen LogP contribution in [0.5, 0.6) is 0 Å². The van der Waals surface area contributed by atoms with Gasteiger partial charge in [0.25, 0.3) is 0 Å². The summed E-state index contributed by atoms with van der Waals surface area (Å²) in [6.07, 6.45) is 1.67. The third-order valence-electron chi connectivity index (χ3n) is 4.11. The zero-order valence-corrected chi connectivity index (χ0v) is 15.0. The van der Waals surface area contributed by atoms with Gasteiger partial charge in [-0.1, -0.05) is 47.7 Å². The van der Waals surface area contributed by atoms with Gasteiger partial charge in [-0.15, -0.1) is 10.2 Å². The molecule has 4 rings (SSSR count). The number of nitrogens with one attached hydrogen (secondary N) is 2. The van der Waals surface area contributed by atoms with E-state index in [1.165, 1.54) is 16.2 Å². The SMILES string of the molecule is O=C1NCCN(C(=O)Nc2nnc(-c3ccccn3)s2)[C@@H]1c1ccccc1. The number of aromatic nitrogens is 3. The van der Waals surface area contributed by atoms with Crippen LogP contribution in [0.4, 0.5) is 9.93 Å². The van der Waals surface area contributed by atoms with Crippen LogP contribution in [0.25, 0.3) is 10.7 Å². The molecule has 0 radical (unpaired) electrons. The molecule has 136 valence electrons. The van der Waals surface area contributed by atoms with E-state index in [4.69, 9.17) is 0 Å². The molecule has 1 saturated heterocycles. The van der Waals surface area contributed by atoms with Crippen molar-refractivity contribution >= 4 is 28.4 Å². The van der Waals surface area contributed by atoms with Crippen LogP contribution >= 0.6 is 11.3 Å². The molecule has 1 aromatic carbocycles. The second kappa shape index (κ2) is 7.50. The van der Waals surface area contributed by atoms with Crippen LogP contribution in [0.2, 0.25) is 0 Å². The number of carbonyl (C=O) groups is 2. The Bertz CT molecular complexity index is 947. The summed E-state index contributed by atoms with van der Waals surface area (Å²) in [4.78, 5) is 30.9. The van der Waals surface area contributed by atoms with E-state index < -0.39 is 6.04 Å². The molecule has 9 heteroatoms. The summed E-state index contributed by atoms with van der Waals surface area (Å²) in [6.45, 7) is 0.813. The van der Waals surface area contributed by atoms with Crippen molar-refractivity contribution in [2.45, 2.75) is 6.04 Å². The fourth-order valence-corrected chi connectivity index (χ4v) is 3.59. The molecular weight excluding hydrogens is 364 g/mol. The van der Waals surface area contributed by atoms with Gasteiger partial charge < -0.3 is 10.2 Å². The first-order valence-electron chi connectivity index (χ1n) is 8.37. The van der Waals surface area contributed by atoms with Gasteiger partial charge in [0.05, 0.1) is 0 Å². The lowest BCUT2D eigenvalue weighted by atomic mass is 10.0. The topological polar surface area (TPSA) is 100 Å². The van der Waals surface area contributed by atoms with E-state index in [2.05, 4.69) is 25.8 Å². The summed E-state index contributed by atoms with van der Waals surface area (Å²) in [5, 5.41) is 14.6. The summed E-state index contributed by atoms with van der Waals surface area (Å²) >= 11 is 1.23. The van der Waals surface area contributed by atoms with Crippen LogP contribution in [0, 0.1) is 0 Å². The van der Waals surface area contributed by atoms with Gasteiger partial charge in [0.1, 0.15) is 11.7 Å². The Morgan fingerprint density at radius 3 is 2.74 bits per heavy atom. The summed E-state index contributed by atoms with van der Waals surface area (Å²) < 4.78 is 0. The second-order valence-corrected chi connectivity index (χ2v) is 6.83. The van der Waals surface area contributed by atoms with E-state index in [9.17, 15) is 9.59 Å². The molecule has 1 atom stereocenters. The highest BCUT2D eigenvalue weighted by Gasteiger charge is 2.34. The van der Waals surface area contributed by atoms with E-state index in [1.54, 1.807) is 6.20 Å². The molecule has 3 aromatic rings. The van der Waals surface area contributed by atoms with Gasteiger partial charge >= 0.3 is 6.03 Å². The van der Waals surface area contributed by atoms with E-state index >= 15 is 0 Å². The van der Waals surface area contributed by atoms with Crippen molar-refractivity contribution in [1.29, 1.82) is 0 Å². The van der Waals surface area contributed by atoms with Crippen LogP contribution < -0.4 is 10.6 Å². The number of urea groups is 1. The van der Waals surface area contributed by atoms with E-state index in [0.717, 1.165) is 5.56 Å². The Balaban J connectivity index is 1.53. The first-order chi connectivity index (χ1) is 13.2. The molecule has 1 aliphatic rings. The van der Waals surface area contributed by atoms with Crippen LogP contribution in [0.15, 0.2) is 54.7 Å². The first kappa shape index (κ1) is 17.1. The lowest BCUT2D eigenvalue weighted by Gasteiger charge is -2.34. The number of pyridine rings is 1. The molecule has 0 aliphatic carbocycles. The number of nitrogens with zero attached hydrogens (tertiary/aromatic N) is 4. The van der Waals surface area contributed by atoms with Gasteiger partial charge in [-0.25, -0.2) is 4.79 Å². The summed E-state index contributed by atoms with van der Waals surface area (Å²) in [5.74, 6) is -0.200. The largest absolute Gasteiger partial charge is 0.352 e. The lowest BCUT2D eigenvalue weighted by molar-refractivity contribution is -0.127. The number of anilines is 1. The molecule has 3 amide bonds. The van der Waals surface area contributed by atoms with Crippen molar-refractivity contribution in [3.8, 4) is 10.7 Å². The summed E-state index contributed by atoms with van der Waals surface area (Å²) in [7, 11) is 0. The number of carbonyl (C=O) groups excluding carboxylic acids is 2. The van der Waals surface area contributed by atoms with Gasteiger partial charge in [0.15, 0.2) is 5.01 Å². The summed E-state index contributed by atoms with van der Waals surface area (Å²) in [5.41, 5.74) is 1.45. The van der Waals surface area contributed by atoms with E-state index in [-0.39, 0.29) is 11.9 Å². The first-order valence-corrected chi connectivity index (χ1v) is 9.19. The highest BCUT2D eigenvalue weighted by atomic mass is 32.1. The van der Waals surface area contributed by atoms with E-state index in [1.807, 2.05) is 48.5 Å². The van der Waals surface area contributed by atoms with Gasteiger partial charge in [0.2, 0.25) is 11.0 Å². The van der Waals surface area contributed by atoms with Crippen molar-refractivity contribution in [2.75, 3.05) is 18.4 Å². The Hall–Kier alpha value is -3.33. The fourth-order valence-electron chi connectivity index (χ4n) is 2.88. The van der Waals surface area contributed by atoms with Gasteiger partial charge in [-0.2, -0.15) is 0 Å². The Kier molecular flexibility index (Phi) is 4.75. The monoisotopic (exact) mass is 380 g/mol. The zero-order chi connectivity index (χ0) is 18.6. The van der Waals surface area contributed by atoms with Crippen LogP contribution in [-0.2, 0) is 4.79 Å². The quantitative estimate of drug-likeness (QED) is 0.726. The Labute approximate surface area is 159 Å². The van der Waals surface area contributed by atoms with Crippen molar-refractivity contribution in [3.05, 3.63) is 60.3 Å². The maximum Gasteiger partial charge on any atom is 0.324 e. The highest BCUT2D eigenvalue weighted by Crippen LogP contribution is 2.27. The number of rotatable bonds is 3. The van der Waals surface area contributed by atoms with Crippen molar-refractivity contribution in [3.63, 3.8) is 0 Å². The van der Waals surface area contributed by atoms with E-state index in [0.29, 0.717) is 28.9 Å². The zero-order valence-electron chi connectivity index (χ0n) is 14.2. The van der Waals surface area contributed by atoms with Crippen LogP contribution in [0.1, 0.15) is 11.6 Å². The molecule has 0 saturated carbocycles. The maximum absolute atomic E-state index is 12.8. The van der Waals surface area contributed by atoms with Crippen LogP contribution in [-0.4, -0.2) is 45.1 Å². The summed E-state index contributed by atoms with van der Waals surface area (Å²) in [6, 6.07) is 13.7. The Morgan fingerprint density at radius 2 is 1.96 bits per heavy atom. The minimum atomic E-state index is -0.678. The second-order valence-electron chi connectivity index (χ2n) is 5.86. The van der Waals surface area contributed by atoms with Gasteiger partial charge in [0, 0.05) is 19.3 Å². The van der Waals surface area contributed by atoms with Crippen molar-refractivity contribution < 1.29 is 9.59 Å². The third kappa shape index (κ3) is 3.63.